The van der Waals surface area contributed by atoms with Crippen molar-refractivity contribution in [2.24, 2.45) is 11.7 Å². The van der Waals surface area contributed by atoms with E-state index < -0.39 is 0 Å². The summed E-state index contributed by atoms with van der Waals surface area (Å²) in [5.74, 6) is 0.282. The Kier molecular flexibility index (Phi) is 4.82. The minimum absolute atomic E-state index is 0.109. The number of benzene rings is 1. The van der Waals surface area contributed by atoms with Gasteiger partial charge in [0.15, 0.2) is 0 Å². The first-order valence-corrected chi connectivity index (χ1v) is 7.36. The Bertz CT molecular complexity index is 427. The maximum Gasteiger partial charge on any atom is 0.410 e. The fourth-order valence-corrected chi connectivity index (χ4v) is 3.38. The zero-order chi connectivity index (χ0) is 13.8. The van der Waals surface area contributed by atoms with Crippen LogP contribution in [0.15, 0.2) is 30.3 Å². The Balaban J connectivity index is 1.90. The Hall–Kier alpha value is -1.07. The van der Waals surface area contributed by atoms with Crippen LogP contribution in [-0.2, 0) is 11.3 Å². The molecule has 3 unspecified atom stereocenters. The van der Waals surface area contributed by atoms with E-state index >= 15 is 0 Å². The molecule has 2 rings (SSSR count). The quantitative estimate of drug-likeness (QED) is 0.867. The monoisotopic (exact) mass is 326 g/mol. The second-order valence-electron chi connectivity index (χ2n) is 4.85. The summed E-state index contributed by atoms with van der Waals surface area (Å²) >= 11 is 3.58. The maximum atomic E-state index is 12.1. The maximum absolute atomic E-state index is 12.1. The van der Waals surface area contributed by atoms with Crippen LogP contribution < -0.4 is 5.73 Å². The fourth-order valence-electron chi connectivity index (χ4n) is 2.41. The number of hydrogen-bond donors (Lipinski definition) is 1. The molecular formula is C14H19BrN2O2. The molecule has 104 valence electrons. The standard InChI is InChI=1S/C14H19BrN2O2/c1-10-12(7-16)13(15)8-17(10)14(18)19-9-11-5-3-2-4-6-11/h2-6,10,12-13H,7-9,16H2,1H3. The van der Waals surface area contributed by atoms with Crippen LogP contribution in [0.25, 0.3) is 0 Å². The number of carbonyl (C=O) groups is 1. The molecule has 5 heteroatoms. The molecule has 1 fully saturated rings. The lowest BCUT2D eigenvalue weighted by Crippen LogP contribution is -2.37. The topological polar surface area (TPSA) is 55.6 Å². The van der Waals surface area contributed by atoms with Gasteiger partial charge in [0.05, 0.1) is 0 Å². The molecule has 1 amide bonds. The number of carbonyl (C=O) groups excluding carboxylic acids is 1. The second kappa shape index (κ2) is 6.39. The van der Waals surface area contributed by atoms with Gasteiger partial charge in [-0.05, 0) is 19.0 Å². The molecule has 0 bridgehead atoms. The molecule has 0 spiro atoms. The smallest absolute Gasteiger partial charge is 0.410 e. The van der Waals surface area contributed by atoms with Crippen LogP contribution in [0.3, 0.4) is 0 Å². The molecule has 0 saturated carbocycles. The zero-order valence-corrected chi connectivity index (χ0v) is 12.5. The normalized spacial score (nSPS) is 26.5. The largest absolute Gasteiger partial charge is 0.445 e. The molecule has 0 aliphatic carbocycles. The first kappa shape index (κ1) is 14.3. The van der Waals surface area contributed by atoms with Crippen LogP contribution >= 0.6 is 15.9 Å². The van der Waals surface area contributed by atoms with Crippen LogP contribution in [0.4, 0.5) is 4.79 Å². The SMILES string of the molecule is CC1C(CN)C(Br)CN1C(=O)OCc1ccccc1. The van der Waals surface area contributed by atoms with Crippen molar-refractivity contribution in [3.05, 3.63) is 35.9 Å². The van der Waals surface area contributed by atoms with E-state index in [0.29, 0.717) is 19.7 Å². The van der Waals surface area contributed by atoms with Gasteiger partial charge in [0.1, 0.15) is 6.61 Å². The number of alkyl halides is 1. The Labute approximate surface area is 122 Å². The van der Waals surface area contributed by atoms with E-state index in [9.17, 15) is 4.79 Å². The van der Waals surface area contributed by atoms with Crippen molar-refractivity contribution in [2.75, 3.05) is 13.1 Å². The molecule has 3 atom stereocenters. The Morgan fingerprint density at radius 3 is 2.74 bits per heavy atom. The highest BCUT2D eigenvalue weighted by molar-refractivity contribution is 9.09. The number of halogens is 1. The Morgan fingerprint density at radius 1 is 1.47 bits per heavy atom. The number of nitrogens with two attached hydrogens (primary N) is 1. The molecule has 1 heterocycles. The van der Waals surface area contributed by atoms with Gasteiger partial charge in [0.25, 0.3) is 0 Å². The van der Waals surface area contributed by atoms with Crippen LogP contribution in [-0.4, -0.2) is 35.0 Å². The van der Waals surface area contributed by atoms with E-state index in [1.54, 1.807) is 4.90 Å². The van der Waals surface area contributed by atoms with Gasteiger partial charge < -0.3 is 15.4 Å². The molecule has 1 aliphatic rings. The third kappa shape index (κ3) is 3.28. The predicted molar refractivity (Wildman–Crippen MR) is 78.1 cm³/mol. The molecular weight excluding hydrogens is 308 g/mol. The van der Waals surface area contributed by atoms with Gasteiger partial charge >= 0.3 is 6.09 Å². The summed E-state index contributed by atoms with van der Waals surface area (Å²) in [5.41, 5.74) is 6.73. The number of amides is 1. The molecule has 1 saturated heterocycles. The van der Waals surface area contributed by atoms with Crippen LogP contribution in [0, 0.1) is 5.92 Å². The predicted octanol–water partition coefficient (Wildman–Crippen LogP) is 2.37. The molecule has 1 aliphatic heterocycles. The number of hydrogen-bond acceptors (Lipinski definition) is 3. The van der Waals surface area contributed by atoms with Gasteiger partial charge in [-0.25, -0.2) is 4.79 Å². The van der Waals surface area contributed by atoms with E-state index in [1.807, 2.05) is 37.3 Å². The van der Waals surface area contributed by atoms with E-state index in [0.717, 1.165) is 5.56 Å². The molecule has 1 aromatic rings. The minimum atomic E-state index is -0.267. The van der Waals surface area contributed by atoms with Gasteiger partial charge in [-0.15, -0.1) is 0 Å². The number of ether oxygens (including phenoxy) is 1. The van der Waals surface area contributed by atoms with Crippen molar-refractivity contribution in [3.63, 3.8) is 0 Å². The average molecular weight is 327 g/mol. The summed E-state index contributed by atoms with van der Waals surface area (Å²) in [6.07, 6.45) is -0.267. The first-order chi connectivity index (χ1) is 9.13. The molecule has 0 aromatic heterocycles. The summed E-state index contributed by atoms with van der Waals surface area (Å²) in [5, 5.41) is 0. The van der Waals surface area contributed by atoms with Crippen molar-refractivity contribution < 1.29 is 9.53 Å². The summed E-state index contributed by atoms with van der Waals surface area (Å²) in [7, 11) is 0. The number of rotatable bonds is 3. The van der Waals surface area contributed by atoms with Crippen molar-refractivity contribution in [1.29, 1.82) is 0 Å². The van der Waals surface area contributed by atoms with Gasteiger partial charge in [0.2, 0.25) is 0 Å². The first-order valence-electron chi connectivity index (χ1n) is 6.45. The van der Waals surface area contributed by atoms with Crippen molar-refractivity contribution >= 4 is 22.0 Å². The van der Waals surface area contributed by atoms with Gasteiger partial charge in [-0.2, -0.15) is 0 Å². The lowest BCUT2D eigenvalue weighted by atomic mass is 10.0. The molecule has 1 aromatic carbocycles. The van der Waals surface area contributed by atoms with Gasteiger partial charge in [0, 0.05) is 23.3 Å². The van der Waals surface area contributed by atoms with E-state index in [2.05, 4.69) is 15.9 Å². The summed E-state index contributed by atoms with van der Waals surface area (Å²) in [4.78, 5) is 14.1. The average Bonchev–Trinajstić information content (AvgIpc) is 2.72. The van der Waals surface area contributed by atoms with Crippen LogP contribution in [0.1, 0.15) is 12.5 Å². The second-order valence-corrected chi connectivity index (χ2v) is 6.02. The lowest BCUT2D eigenvalue weighted by Gasteiger charge is -2.23. The summed E-state index contributed by atoms with van der Waals surface area (Å²) in [6.45, 7) is 3.54. The molecule has 0 radical (unpaired) electrons. The van der Waals surface area contributed by atoms with Crippen molar-refractivity contribution in [1.82, 2.24) is 4.90 Å². The van der Waals surface area contributed by atoms with E-state index in [-0.39, 0.29) is 22.9 Å². The van der Waals surface area contributed by atoms with Crippen molar-refractivity contribution in [2.45, 2.75) is 24.4 Å². The number of nitrogens with zero attached hydrogens (tertiary/aromatic N) is 1. The van der Waals surface area contributed by atoms with Gasteiger partial charge in [-0.1, -0.05) is 46.3 Å². The highest BCUT2D eigenvalue weighted by Gasteiger charge is 2.40. The third-order valence-corrected chi connectivity index (χ3v) is 4.63. The lowest BCUT2D eigenvalue weighted by molar-refractivity contribution is 0.0915. The Morgan fingerprint density at radius 2 is 2.16 bits per heavy atom. The molecule has 19 heavy (non-hydrogen) atoms. The highest BCUT2D eigenvalue weighted by Crippen LogP contribution is 2.29. The summed E-state index contributed by atoms with van der Waals surface area (Å²) < 4.78 is 5.35. The fraction of sp³-hybridized carbons (Fsp3) is 0.500. The zero-order valence-electron chi connectivity index (χ0n) is 11.0. The molecule has 4 nitrogen and oxygen atoms in total. The highest BCUT2D eigenvalue weighted by atomic mass is 79.9. The van der Waals surface area contributed by atoms with Crippen molar-refractivity contribution in [3.8, 4) is 0 Å². The third-order valence-electron chi connectivity index (χ3n) is 3.66. The van der Waals surface area contributed by atoms with E-state index in [4.69, 9.17) is 10.5 Å². The van der Waals surface area contributed by atoms with Gasteiger partial charge in [-0.3, -0.25) is 0 Å². The number of likely N-dealkylation sites (tertiary alicyclic amines) is 1. The summed E-state index contributed by atoms with van der Waals surface area (Å²) in [6, 6.07) is 9.79. The van der Waals surface area contributed by atoms with Crippen LogP contribution in [0.5, 0.6) is 0 Å². The molecule has 2 N–H and O–H groups in total. The van der Waals surface area contributed by atoms with Crippen LogP contribution in [0.2, 0.25) is 0 Å². The van der Waals surface area contributed by atoms with E-state index in [1.165, 1.54) is 0 Å². The minimum Gasteiger partial charge on any atom is -0.445 e.